The minimum atomic E-state index is -0.488. The van der Waals surface area contributed by atoms with Crippen molar-refractivity contribution >= 4 is 17.3 Å². The number of non-ortho nitro benzene ring substituents is 1. The monoisotopic (exact) mass is 363 g/mol. The summed E-state index contributed by atoms with van der Waals surface area (Å²) in [6.45, 7) is 2.04. The molecule has 0 aliphatic heterocycles. The maximum Gasteiger partial charge on any atom is 0.269 e. The lowest BCUT2D eigenvalue weighted by atomic mass is 10.1. The molecule has 0 aliphatic rings. The molecule has 1 amide bonds. The van der Waals surface area contributed by atoms with Crippen molar-refractivity contribution in [1.29, 1.82) is 0 Å². The summed E-state index contributed by atoms with van der Waals surface area (Å²) in [5, 5.41) is 13.5. The second-order valence-corrected chi connectivity index (χ2v) is 6.08. The van der Waals surface area contributed by atoms with Crippen LogP contribution in [-0.2, 0) is 6.54 Å². The minimum absolute atomic E-state index is 0.0399. The third kappa shape index (κ3) is 4.27. The number of nitrogens with one attached hydrogen (secondary N) is 1. The van der Waals surface area contributed by atoms with Gasteiger partial charge in [-0.1, -0.05) is 30.3 Å². The summed E-state index contributed by atoms with van der Waals surface area (Å²) in [7, 11) is 0. The Morgan fingerprint density at radius 3 is 2.52 bits per heavy atom. The number of nitrogens with zero attached hydrogens (tertiary/aromatic N) is 2. The zero-order chi connectivity index (χ0) is 19.4. The first-order chi connectivity index (χ1) is 12.9. The number of carbonyl (C=O) groups is 1. The normalized spacial score (nSPS) is 10.4. The molecule has 0 saturated carbocycles. The summed E-state index contributed by atoms with van der Waals surface area (Å²) in [5.74, 6) is -0.395. The molecular formula is C20H17N3O4. The maximum absolute atomic E-state index is 12.5. The zero-order valence-corrected chi connectivity index (χ0v) is 14.6. The van der Waals surface area contributed by atoms with E-state index in [9.17, 15) is 19.7 Å². The van der Waals surface area contributed by atoms with Crippen LogP contribution in [0, 0.1) is 17.0 Å². The molecule has 0 atom stereocenters. The zero-order valence-electron chi connectivity index (χ0n) is 14.6. The number of aryl methyl sites for hydroxylation is 1. The van der Waals surface area contributed by atoms with E-state index in [4.69, 9.17) is 0 Å². The minimum Gasteiger partial charge on any atom is -0.322 e. The highest BCUT2D eigenvalue weighted by atomic mass is 16.6. The van der Waals surface area contributed by atoms with Gasteiger partial charge in [-0.05, 0) is 30.2 Å². The van der Waals surface area contributed by atoms with Crippen LogP contribution in [0.1, 0.15) is 21.5 Å². The Morgan fingerprint density at radius 2 is 1.85 bits per heavy atom. The molecule has 0 radical (unpaired) electrons. The number of rotatable bonds is 5. The molecular weight excluding hydrogens is 346 g/mol. The smallest absolute Gasteiger partial charge is 0.269 e. The van der Waals surface area contributed by atoms with Crippen LogP contribution in [0.15, 0.2) is 71.7 Å². The lowest BCUT2D eigenvalue weighted by Crippen LogP contribution is -2.22. The fraction of sp³-hybridized carbons (Fsp3) is 0.100. The third-order valence-corrected chi connectivity index (χ3v) is 4.11. The summed E-state index contributed by atoms with van der Waals surface area (Å²) in [6.07, 6.45) is 1.51. The summed E-state index contributed by atoms with van der Waals surface area (Å²) in [5.41, 5.74) is 2.08. The predicted molar refractivity (Wildman–Crippen MR) is 102 cm³/mol. The van der Waals surface area contributed by atoms with Gasteiger partial charge in [0.05, 0.1) is 17.0 Å². The topological polar surface area (TPSA) is 94.2 Å². The first-order valence-electron chi connectivity index (χ1n) is 8.25. The number of hydrogen-bond donors (Lipinski definition) is 1. The van der Waals surface area contributed by atoms with Gasteiger partial charge in [-0.3, -0.25) is 19.7 Å². The SMILES string of the molecule is Cc1cc([N+](=O)[O-])ccc1NC(=O)c1ccc(=O)n(Cc2ccccc2)c1. The van der Waals surface area contributed by atoms with Crippen molar-refractivity contribution in [3.05, 3.63) is 104 Å². The van der Waals surface area contributed by atoms with Crippen LogP contribution in [-0.4, -0.2) is 15.4 Å². The van der Waals surface area contributed by atoms with Gasteiger partial charge in [0.25, 0.3) is 17.2 Å². The number of benzene rings is 2. The maximum atomic E-state index is 12.5. The molecule has 1 aromatic heterocycles. The van der Waals surface area contributed by atoms with Crippen molar-refractivity contribution in [2.75, 3.05) is 5.32 Å². The predicted octanol–water partition coefficient (Wildman–Crippen LogP) is 3.37. The standard InChI is InChI=1S/C20H17N3O4/c1-14-11-17(23(26)27)8-9-18(14)21-20(25)16-7-10-19(24)22(13-16)12-15-5-3-2-4-6-15/h2-11,13H,12H2,1H3,(H,21,25). The van der Waals surface area contributed by atoms with E-state index in [0.717, 1.165) is 5.56 Å². The average Bonchev–Trinajstić information content (AvgIpc) is 2.65. The number of nitro groups is 1. The number of aromatic nitrogens is 1. The number of nitro benzene ring substituents is 1. The fourth-order valence-corrected chi connectivity index (χ4v) is 2.67. The largest absolute Gasteiger partial charge is 0.322 e. The van der Waals surface area contributed by atoms with E-state index >= 15 is 0 Å². The van der Waals surface area contributed by atoms with Crippen LogP contribution < -0.4 is 10.9 Å². The molecule has 0 bridgehead atoms. The summed E-state index contributed by atoms with van der Waals surface area (Å²) >= 11 is 0. The van der Waals surface area contributed by atoms with E-state index in [-0.39, 0.29) is 11.2 Å². The number of amides is 1. The van der Waals surface area contributed by atoms with Crippen molar-refractivity contribution in [1.82, 2.24) is 4.57 Å². The Morgan fingerprint density at radius 1 is 1.11 bits per heavy atom. The molecule has 1 N–H and O–H groups in total. The second kappa shape index (κ2) is 7.65. The molecule has 2 aromatic carbocycles. The van der Waals surface area contributed by atoms with E-state index < -0.39 is 10.8 Å². The molecule has 0 fully saturated rings. The Hall–Kier alpha value is -3.74. The van der Waals surface area contributed by atoms with Crippen molar-refractivity contribution in [2.45, 2.75) is 13.5 Å². The molecule has 136 valence electrons. The molecule has 0 spiro atoms. The van der Waals surface area contributed by atoms with Crippen molar-refractivity contribution in [3.8, 4) is 0 Å². The number of carbonyl (C=O) groups excluding carboxylic acids is 1. The Balaban J connectivity index is 1.82. The van der Waals surface area contributed by atoms with Crippen LogP contribution in [0.5, 0.6) is 0 Å². The van der Waals surface area contributed by atoms with Crippen LogP contribution in [0.2, 0.25) is 0 Å². The van der Waals surface area contributed by atoms with Gasteiger partial charge in [-0.25, -0.2) is 0 Å². The quantitative estimate of drug-likeness (QED) is 0.555. The summed E-state index contributed by atoms with van der Waals surface area (Å²) in [6, 6.07) is 16.5. The Labute approximate surface area is 155 Å². The lowest BCUT2D eigenvalue weighted by Gasteiger charge is -2.10. The third-order valence-electron chi connectivity index (χ3n) is 4.11. The summed E-state index contributed by atoms with van der Waals surface area (Å²) < 4.78 is 1.47. The average molecular weight is 363 g/mol. The molecule has 1 heterocycles. The van der Waals surface area contributed by atoms with E-state index in [1.807, 2.05) is 30.3 Å². The number of hydrogen-bond acceptors (Lipinski definition) is 4. The van der Waals surface area contributed by atoms with E-state index in [0.29, 0.717) is 23.4 Å². The molecule has 0 unspecified atom stereocenters. The van der Waals surface area contributed by atoms with Gasteiger partial charge in [0.15, 0.2) is 0 Å². The van der Waals surface area contributed by atoms with Crippen LogP contribution in [0.3, 0.4) is 0 Å². The molecule has 7 nitrogen and oxygen atoms in total. The molecule has 3 aromatic rings. The van der Waals surface area contributed by atoms with Crippen LogP contribution >= 0.6 is 0 Å². The van der Waals surface area contributed by atoms with Crippen LogP contribution in [0.4, 0.5) is 11.4 Å². The van der Waals surface area contributed by atoms with Gasteiger partial charge in [0.2, 0.25) is 0 Å². The number of pyridine rings is 1. The van der Waals surface area contributed by atoms with Crippen molar-refractivity contribution in [3.63, 3.8) is 0 Å². The Kier molecular flexibility index (Phi) is 5.12. The first kappa shape index (κ1) is 18.1. The highest BCUT2D eigenvalue weighted by Crippen LogP contribution is 2.21. The van der Waals surface area contributed by atoms with Gasteiger partial charge in [-0.15, -0.1) is 0 Å². The van der Waals surface area contributed by atoms with Gasteiger partial charge in [-0.2, -0.15) is 0 Å². The first-order valence-corrected chi connectivity index (χ1v) is 8.25. The van der Waals surface area contributed by atoms with Crippen molar-refractivity contribution in [2.24, 2.45) is 0 Å². The molecule has 0 aliphatic carbocycles. The van der Waals surface area contributed by atoms with E-state index in [1.165, 1.54) is 41.1 Å². The van der Waals surface area contributed by atoms with Crippen LogP contribution in [0.25, 0.3) is 0 Å². The number of anilines is 1. The second-order valence-electron chi connectivity index (χ2n) is 6.08. The van der Waals surface area contributed by atoms with Gasteiger partial charge < -0.3 is 9.88 Å². The van der Waals surface area contributed by atoms with Gasteiger partial charge >= 0.3 is 0 Å². The van der Waals surface area contributed by atoms with E-state index in [1.54, 1.807) is 6.92 Å². The molecule has 27 heavy (non-hydrogen) atoms. The molecule has 7 heteroatoms. The van der Waals surface area contributed by atoms with Gasteiger partial charge in [0.1, 0.15) is 0 Å². The summed E-state index contributed by atoms with van der Waals surface area (Å²) in [4.78, 5) is 34.9. The highest BCUT2D eigenvalue weighted by Gasteiger charge is 2.12. The van der Waals surface area contributed by atoms with E-state index in [2.05, 4.69) is 5.32 Å². The van der Waals surface area contributed by atoms with Gasteiger partial charge in [0, 0.05) is 30.1 Å². The molecule has 0 saturated heterocycles. The molecule has 3 rings (SSSR count). The fourth-order valence-electron chi connectivity index (χ4n) is 2.67. The highest BCUT2D eigenvalue weighted by molar-refractivity contribution is 6.04. The van der Waals surface area contributed by atoms with Crippen molar-refractivity contribution < 1.29 is 9.72 Å². The Bertz CT molecular complexity index is 1060. The lowest BCUT2D eigenvalue weighted by molar-refractivity contribution is -0.384.